The van der Waals surface area contributed by atoms with Crippen molar-refractivity contribution in [3.05, 3.63) is 35.6 Å². The van der Waals surface area contributed by atoms with Crippen molar-refractivity contribution < 1.29 is 14.0 Å². The third-order valence-electron chi connectivity index (χ3n) is 3.93. The van der Waals surface area contributed by atoms with Gasteiger partial charge in [0.2, 0.25) is 5.91 Å². The number of nitrogens with one attached hydrogen (secondary N) is 2. The van der Waals surface area contributed by atoms with E-state index in [0.29, 0.717) is 45.8 Å². The van der Waals surface area contributed by atoms with Crippen LogP contribution >= 0.6 is 0 Å². The SMILES string of the molecule is CCCNC(=O)CN1CCN(C(=O)NCc2cccc(F)c2)CC1. The molecule has 7 heteroatoms. The summed E-state index contributed by atoms with van der Waals surface area (Å²) in [5, 5.41) is 5.65. The highest BCUT2D eigenvalue weighted by Gasteiger charge is 2.22. The van der Waals surface area contributed by atoms with Crippen molar-refractivity contribution in [2.24, 2.45) is 0 Å². The van der Waals surface area contributed by atoms with Crippen LogP contribution < -0.4 is 10.6 Å². The number of halogens is 1. The molecule has 0 aromatic heterocycles. The highest BCUT2D eigenvalue weighted by atomic mass is 19.1. The third kappa shape index (κ3) is 5.81. The quantitative estimate of drug-likeness (QED) is 0.820. The van der Waals surface area contributed by atoms with Crippen LogP contribution in [0.1, 0.15) is 18.9 Å². The van der Waals surface area contributed by atoms with Gasteiger partial charge in [0.05, 0.1) is 6.54 Å². The summed E-state index contributed by atoms with van der Waals surface area (Å²) in [5.74, 6) is -0.280. The Morgan fingerprint density at radius 2 is 1.92 bits per heavy atom. The van der Waals surface area contributed by atoms with Gasteiger partial charge in [-0.25, -0.2) is 9.18 Å². The van der Waals surface area contributed by atoms with Gasteiger partial charge in [-0.15, -0.1) is 0 Å². The highest BCUT2D eigenvalue weighted by Crippen LogP contribution is 2.05. The molecule has 3 amide bonds. The summed E-state index contributed by atoms with van der Waals surface area (Å²) in [4.78, 5) is 27.6. The summed E-state index contributed by atoms with van der Waals surface area (Å²) < 4.78 is 13.1. The zero-order chi connectivity index (χ0) is 17.4. The van der Waals surface area contributed by atoms with E-state index in [1.807, 2.05) is 11.8 Å². The molecule has 2 N–H and O–H groups in total. The maximum atomic E-state index is 13.1. The van der Waals surface area contributed by atoms with Gasteiger partial charge in [-0.05, 0) is 24.1 Å². The second kappa shape index (κ2) is 9.22. The van der Waals surface area contributed by atoms with Crippen molar-refractivity contribution in [1.82, 2.24) is 20.4 Å². The topological polar surface area (TPSA) is 64.7 Å². The van der Waals surface area contributed by atoms with Crippen LogP contribution in [0.5, 0.6) is 0 Å². The first-order valence-electron chi connectivity index (χ1n) is 8.34. The lowest BCUT2D eigenvalue weighted by Crippen LogP contribution is -2.53. The number of rotatable bonds is 6. The minimum Gasteiger partial charge on any atom is -0.355 e. The van der Waals surface area contributed by atoms with Crippen molar-refractivity contribution in [2.45, 2.75) is 19.9 Å². The number of amides is 3. The first-order chi connectivity index (χ1) is 11.6. The van der Waals surface area contributed by atoms with Crippen molar-refractivity contribution in [3.8, 4) is 0 Å². The van der Waals surface area contributed by atoms with Crippen LogP contribution in [-0.4, -0.2) is 61.0 Å². The Labute approximate surface area is 142 Å². The molecular formula is C17H25FN4O2. The number of hydrogen-bond donors (Lipinski definition) is 2. The van der Waals surface area contributed by atoms with E-state index in [1.54, 1.807) is 17.0 Å². The molecule has 1 saturated heterocycles. The number of hydrogen-bond acceptors (Lipinski definition) is 3. The zero-order valence-corrected chi connectivity index (χ0v) is 14.1. The fourth-order valence-corrected chi connectivity index (χ4v) is 2.57. The van der Waals surface area contributed by atoms with Crippen molar-refractivity contribution in [3.63, 3.8) is 0 Å². The van der Waals surface area contributed by atoms with Gasteiger partial charge in [0.15, 0.2) is 0 Å². The molecule has 1 aliphatic rings. The fourth-order valence-electron chi connectivity index (χ4n) is 2.57. The summed E-state index contributed by atoms with van der Waals surface area (Å²) in [7, 11) is 0. The maximum absolute atomic E-state index is 13.1. The van der Waals surface area contributed by atoms with E-state index in [9.17, 15) is 14.0 Å². The molecule has 6 nitrogen and oxygen atoms in total. The van der Waals surface area contributed by atoms with Gasteiger partial charge in [0.25, 0.3) is 0 Å². The van der Waals surface area contributed by atoms with E-state index in [0.717, 1.165) is 12.0 Å². The minimum atomic E-state index is -0.309. The van der Waals surface area contributed by atoms with E-state index < -0.39 is 0 Å². The molecule has 1 aromatic rings. The number of carbonyl (C=O) groups excluding carboxylic acids is 2. The standard InChI is InChI=1S/C17H25FN4O2/c1-2-6-19-16(23)13-21-7-9-22(10-8-21)17(24)20-12-14-4-3-5-15(18)11-14/h3-5,11H,2,6-10,12-13H2,1H3,(H,19,23)(H,20,24). The Balaban J connectivity index is 1.69. The second-order valence-electron chi connectivity index (χ2n) is 5.90. The predicted octanol–water partition coefficient (Wildman–Crippen LogP) is 1.18. The molecule has 24 heavy (non-hydrogen) atoms. The van der Waals surface area contributed by atoms with Gasteiger partial charge < -0.3 is 15.5 Å². The lowest BCUT2D eigenvalue weighted by Gasteiger charge is -2.34. The van der Waals surface area contributed by atoms with E-state index >= 15 is 0 Å². The average Bonchev–Trinajstić information content (AvgIpc) is 2.58. The molecule has 1 aliphatic heterocycles. The Morgan fingerprint density at radius 1 is 1.17 bits per heavy atom. The molecule has 132 valence electrons. The first kappa shape index (κ1) is 18.2. The molecule has 2 rings (SSSR count). The van der Waals surface area contributed by atoms with E-state index in [1.165, 1.54) is 12.1 Å². The van der Waals surface area contributed by atoms with Gasteiger partial charge in [0.1, 0.15) is 5.82 Å². The van der Waals surface area contributed by atoms with Gasteiger partial charge in [-0.2, -0.15) is 0 Å². The lowest BCUT2D eigenvalue weighted by atomic mass is 10.2. The van der Waals surface area contributed by atoms with Crippen LogP contribution in [0.3, 0.4) is 0 Å². The molecule has 1 fully saturated rings. The van der Waals surface area contributed by atoms with Gasteiger partial charge in [-0.1, -0.05) is 19.1 Å². The Kier molecular flexibility index (Phi) is 6.99. The highest BCUT2D eigenvalue weighted by molar-refractivity contribution is 5.78. The van der Waals surface area contributed by atoms with E-state index in [4.69, 9.17) is 0 Å². The normalized spacial score (nSPS) is 15.2. The smallest absolute Gasteiger partial charge is 0.317 e. The molecule has 0 aliphatic carbocycles. The van der Waals surface area contributed by atoms with Crippen LogP contribution in [0.25, 0.3) is 0 Å². The Morgan fingerprint density at radius 3 is 2.58 bits per heavy atom. The number of nitrogens with zero attached hydrogens (tertiary/aromatic N) is 2. The Bertz CT molecular complexity index is 559. The van der Waals surface area contributed by atoms with Crippen LogP contribution in [0, 0.1) is 5.82 Å². The van der Waals surface area contributed by atoms with Crippen LogP contribution in [-0.2, 0) is 11.3 Å². The van der Waals surface area contributed by atoms with Crippen LogP contribution in [0.4, 0.5) is 9.18 Å². The lowest BCUT2D eigenvalue weighted by molar-refractivity contribution is -0.122. The molecule has 1 heterocycles. The molecule has 0 spiro atoms. The largest absolute Gasteiger partial charge is 0.355 e. The summed E-state index contributed by atoms with van der Waals surface area (Å²) in [6.45, 7) is 5.89. The van der Waals surface area contributed by atoms with Crippen LogP contribution in [0.15, 0.2) is 24.3 Å². The third-order valence-corrected chi connectivity index (χ3v) is 3.93. The molecule has 0 bridgehead atoms. The maximum Gasteiger partial charge on any atom is 0.317 e. The number of piperazine rings is 1. The summed E-state index contributed by atoms with van der Waals surface area (Å²) in [6, 6.07) is 6.03. The molecule has 0 saturated carbocycles. The molecular weight excluding hydrogens is 311 g/mol. The van der Waals surface area contributed by atoms with Gasteiger partial charge >= 0.3 is 6.03 Å². The summed E-state index contributed by atoms with van der Waals surface area (Å²) in [6.07, 6.45) is 0.922. The molecule has 0 atom stereocenters. The van der Waals surface area contributed by atoms with Gasteiger partial charge in [-0.3, -0.25) is 9.69 Å². The number of urea groups is 1. The number of benzene rings is 1. The van der Waals surface area contributed by atoms with Crippen molar-refractivity contribution >= 4 is 11.9 Å². The summed E-state index contributed by atoms with van der Waals surface area (Å²) in [5.41, 5.74) is 0.731. The summed E-state index contributed by atoms with van der Waals surface area (Å²) >= 11 is 0. The fraction of sp³-hybridized carbons (Fsp3) is 0.529. The van der Waals surface area contributed by atoms with E-state index in [2.05, 4.69) is 10.6 Å². The minimum absolute atomic E-state index is 0.0286. The number of carbonyl (C=O) groups is 2. The predicted molar refractivity (Wildman–Crippen MR) is 89.9 cm³/mol. The van der Waals surface area contributed by atoms with Gasteiger partial charge in [0, 0.05) is 39.3 Å². The average molecular weight is 336 g/mol. The molecule has 0 unspecified atom stereocenters. The van der Waals surface area contributed by atoms with Crippen molar-refractivity contribution in [1.29, 1.82) is 0 Å². The van der Waals surface area contributed by atoms with Crippen molar-refractivity contribution in [2.75, 3.05) is 39.3 Å². The van der Waals surface area contributed by atoms with E-state index in [-0.39, 0.29) is 17.8 Å². The second-order valence-corrected chi connectivity index (χ2v) is 5.90. The Hall–Kier alpha value is -2.15. The molecule has 1 aromatic carbocycles. The van der Waals surface area contributed by atoms with Crippen LogP contribution in [0.2, 0.25) is 0 Å². The zero-order valence-electron chi connectivity index (χ0n) is 14.1. The monoisotopic (exact) mass is 336 g/mol. The first-order valence-corrected chi connectivity index (χ1v) is 8.34. The molecule has 0 radical (unpaired) electrons.